The zero-order valence-electron chi connectivity index (χ0n) is 14.8. The highest BCUT2D eigenvalue weighted by molar-refractivity contribution is 5.76. The van der Waals surface area contributed by atoms with Crippen molar-refractivity contribution in [1.29, 1.82) is 0 Å². The molecule has 0 radical (unpaired) electrons. The van der Waals surface area contributed by atoms with Crippen molar-refractivity contribution in [3.05, 3.63) is 30.1 Å². The molecule has 1 amide bonds. The Morgan fingerprint density at radius 2 is 2.21 bits per heavy atom. The highest BCUT2D eigenvalue weighted by atomic mass is 16.6. The molecule has 130 valence electrons. The number of hydrogen-bond donors (Lipinski definition) is 0. The van der Waals surface area contributed by atoms with E-state index >= 15 is 0 Å². The Morgan fingerprint density at radius 3 is 2.96 bits per heavy atom. The van der Waals surface area contributed by atoms with Crippen molar-refractivity contribution < 1.29 is 14.3 Å². The van der Waals surface area contributed by atoms with Crippen LogP contribution < -0.4 is 0 Å². The number of aryl methyl sites for hydroxylation is 1. The molecule has 0 spiro atoms. The quantitative estimate of drug-likeness (QED) is 0.849. The van der Waals surface area contributed by atoms with Crippen molar-refractivity contribution in [1.82, 2.24) is 14.5 Å². The zero-order chi connectivity index (χ0) is 17.3. The Kier molecular flexibility index (Phi) is 4.49. The zero-order valence-corrected chi connectivity index (χ0v) is 14.8. The molecule has 6 heteroatoms. The van der Waals surface area contributed by atoms with E-state index in [1.165, 1.54) is 5.56 Å². The lowest BCUT2D eigenvalue weighted by atomic mass is 10.2. The average Bonchev–Trinajstić information content (AvgIpc) is 2.88. The van der Waals surface area contributed by atoms with E-state index in [0.717, 1.165) is 11.0 Å². The fraction of sp³-hybridized carbons (Fsp3) is 0.556. The van der Waals surface area contributed by atoms with E-state index in [-0.39, 0.29) is 12.2 Å². The predicted molar refractivity (Wildman–Crippen MR) is 92.0 cm³/mol. The molecule has 6 nitrogen and oxygen atoms in total. The Hall–Kier alpha value is -2.08. The monoisotopic (exact) mass is 331 g/mol. The van der Waals surface area contributed by atoms with Crippen molar-refractivity contribution in [2.45, 2.75) is 45.9 Å². The van der Waals surface area contributed by atoms with Crippen LogP contribution in [0.4, 0.5) is 4.79 Å². The number of amides is 1. The number of fused-ring (bicyclic) bond motifs is 1. The van der Waals surface area contributed by atoms with Crippen LogP contribution in [0.3, 0.4) is 0 Å². The van der Waals surface area contributed by atoms with Crippen LogP contribution in [0.5, 0.6) is 0 Å². The molecule has 3 rings (SSSR count). The first-order valence-corrected chi connectivity index (χ1v) is 8.33. The van der Waals surface area contributed by atoms with E-state index in [1.807, 2.05) is 27.1 Å². The minimum absolute atomic E-state index is 0.0648. The van der Waals surface area contributed by atoms with Crippen LogP contribution in [0, 0.1) is 6.92 Å². The van der Waals surface area contributed by atoms with E-state index in [0.29, 0.717) is 26.2 Å². The number of carbonyl (C=O) groups is 1. The van der Waals surface area contributed by atoms with Gasteiger partial charge in [-0.05, 0) is 45.4 Å². The van der Waals surface area contributed by atoms with Gasteiger partial charge in [-0.25, -0.2) is 9.78 Å². The largest absolute Gasteiger partial charge is 0.444 e. The first-order chi connectivity index (χ1) is 11.3. The number of benzene rings is 1. The van der Waals surface area contributed by atoms with Crippen molar-refractivity contribution in [3.8, 4) is 0 Å². The van der Waals surface area contributed by atoms with Crippen LogP contribution in [0.25, 0.3) is 11.0 Å². The lowest BCUT2D eigenvalue weighted by molar-refractivity contribution is -0.0469. The van der Waals surface area contributed by atoms with E-state index in [2.05, 4.69) is 34.7 Å². The third-order valence-corrected chi connectivity index (χ3v) is 3.97. The molecule has 0 bridgehead atoms. The van der Waals surface area contributed by atoms with Crippen LogP contribution in [0.1, 0.15) is 26.3 Å². The molecular weight excluding hydrogens is 306 g/mol. The topological polar surface area (TPSA) is 56.6 Å². The smallest absolute Gasteiger partial charge is 0.410 e. The minimum atomic E-state index is -0.483. The summed E-state index contributed by atoms with van der Waals surface area (Å²) >= 11 is 0. The maximum atomic E-state index is 12.2. The van der Waals surface area contributed by atoms with E-state index in [9.17, 15) is 4.79 Å². The molecule has 0 N–H and O–H groups in total. The van der Waals surface area contributed by atoms with Gasteiger partial charge in [-0.3, -0.25) is 0 Å². The molecule has 1 unspecified atom stereocenters. The Bertz CT molecular complexity index is 733. The molecule has 1 aromatic heterocycles. The highest BCUT2D eigenvalue weighted by Crippen LogP contribution is 2.18. The fourth-order valence-electron chi connectivity index (χ4n) is 2.86. The third kappa shape index (κ3) is 3.87. The van der Waals surface area contributed by atoms with Crippen LogP contribution in [0.2, 0.25) is 0 Å². The van der Waals surface area contributed by atoms with E-state index < -0.39 is 5.60 Å². The number of hydrogen-bond acceptors (Lipinski definition) is 4. The summed E-state index contributed by atoms with van der Waals surface area (Å²) in [4.78, 5) is 18.4. The van der Waals surface area contributed by atoms with Gasteiger partial charge < -0.3 is 18.9 Å². The first kappa shape index (κ1) is 16.8. The number of morpholine rings is 1. The number of imidazole rings is 1. The number of nitrogens with zero attached hydrogens (tertiary/aromatic N) is 3. The second-order valence-electron chi connectivity index (χ2n) is 7.31. The molecule has 1 fully saturated rings. The standard InChI is InChI=1S/C18H25N3O3/c1-13-5-6-16-15(9-13)19-12-21(16)11-14-10-20(7-8-23-14)17(22)24-18(2,3)4/h5-6,9,12,14H,7-8,10-11H2,1-4H3. The normalized spacial score (nSPS) is 18.8. The molecule has 1 atom stereocenters. The molecule has 2 heterocycles. The molecule has 0 saturated carbocycles. The molecule has 1 aliphatic heterocycles. The van der Waals surface area contributed by atoms with Gasteiger partial charge in [-0.15, -0.1) is 0 Å². The number of rotatable bonds is 2. The summed E-state index contributed by atoms with van der Waals surface area (Å²) in [5.74, 6) is 0. The first-order valence-electron chi connectivity index (χ1n) is 8.33. The van der Waals surface area contributed by atoms with E-state index in [1.54, 1.807) is 4.90 Å². The second kappa shape index (κ2) is 6.43. The van der Waals surface area contributed by atoms with Crippen molar-refractivity contribution in [2.75, 3.05) is 19.7 Å². The van der Waals surface area contributed by atoms with Gasteiger partial charge in [0.25, 0.3) is 0 Å². The van der Waals surface area contributed by atoms with Crippen LogP contribution >= 0.6 is 0 Å². The SMILES string of the molecule is Cc1ccc2c(c1)ncn2CC1CN(C(=O)OC(C)(C)C)CCO1. The van der Waals surface area contributed by atoms with Gasteiger partial charge in [-0.1, -0.05) is 6.07 Å². The van der Waals surface area contributed by atoms with Gasteiger partial charge in [-0.2, -0.15) is 0 Å². The van der Waals surface area contributed by atoms with E-state index in [4.69, 9.17) is 9.47 Å². The fourth-order valence-corrected chi connectivity index (χ4v) is 2.86. The van der Waals surface area contributed by atoms with Gasteiger partial charge >= 0.3 is 6.09 Å². The molecule has 0 aliphatic carbocycles. The van der Waals surface area contributed by atoms with Gasteiger partial charge in [0.15, 0.2) is 0 Å². The lowest BCUT2D eigenvalue weighted by Gasteiger charge is -2.34. The van der Waals surface area contributed by atoms with Crippen molar-refractivity contribution >= 4 is 17.1 Å². The molecule has 1 aliphatic rings. The van der Waals surface area contributed by atoms with Crippen molar-refractivity contribution in [2.24, 2.45) is 0 Å². The van der Waals surface area contributed by atoms with Gasteiger partial charge in [0, 0.05) is 6.54 Å². The van der Waals surface area contributed by atoms with Gasteiger partial charge in [0.05, 0.1) is 43.2 Å². The average molecular weight is 331 g/mol. The maximum Gasteiger partial charge on any atom is 0.410 e. The second-order valence-corrected chi connectivity index (χ2v) is 7.31. The predicted octanol–water partition coefficient (Wildman–Crippen LogP) is 2.98. The summed E-state index contributed by atoms with van der Waals surface area (Å²) in [5.41, 5.74) is 2.77. The summed E-state index contributed by atoms with van der Waals surface area (Å²) in [5, 5.41) is 0. The summed E-state index contributed by atoms with van der Waals surface area (Å²) in [6, 6.07) is 6.22. The number of ether oxygens (including phenoxy) is 2. The summed E-state index contributed by atoms with van der Waals surface area (Å²) in [7, 11) is 0. The Morgan fingerprint density at radius 1 is 1.42 bits per heavy atom. The van der Waals surface area contributed by atoms with Gasteiger partial charge in [0.2, 0.25) is 0 Å². The molecular formula is C18H25N3O3. The van der Waals surface area contributed by atoms with Crippen molar-refractivity contribution in [3.63, 3.8) is 0 Å². The molecule has 2 aromatic rings. The lowest BCUT2D eigenvalue weighted by Crippen LogP contribution is -2.48. The Balaban J connectivity index is 1.67. The summed E-state index contributed by atoms with van der Waals surface area (Å²) < 4.78 is 13.4. The third-order valence-electron chi connectivity index (χ3n) is 3.97. The summed E-state index contributed by atoms with van der Waals surface area (Å²) in [6.07, 6.45) is 1.49. The number of carbonyl (C=O) groups excluding carboxylic acids is 1. The van der Waals surface area contributed by atoms with Crippen LogP contribution in [-0.2, 0) is 16.0 Å². The minimum Gasteiger partial charge on any atom is -0.444 e. The van der Waals surface area contributed by atoms with Crippen LogP contribution in [0.15, 0.2) is 24.5 Å². The molecule has 24 heavy (non-hydrogen) atoms. The number of aromatic nitrogens is 2. The highest BCUT2D eigenvalue weighted by Gasteiger charge is 2.28. The maximum absolute atomic E-state index is 12.2. The summed E-state index contributed by atoms with van der Waals surface area (Å²) in [6.45, 7) is 9.97. The molecule has 1 aromatic carbocycles. The Labute approximate surface area is 142 Å². The van der Waals surface area contributed by atoms with Crippen LogP contribution in [-0.4, -0.2) is 51.9 Å². The van der Waals surface area contributed by atoms with Gasteiger partial charge in [0.1, 0.15) is 5.60 Å². The molecule has 1 saturated heterocycles.